The van der Waals surface area contributed by atoms with E-state index < -0.39 is 0 Å². The summed E-state index contributed by atoms with van der Waals surface area (Å²) in [6.07, 6.45) is 0. The minimum absolute atomic E-state index is 0.0286. The molecule has 0 saturated carbocycles. The van der Waals surface area contributed by atoms with E-state index in [2.05, 4.69) is 29.0 Å². The Labute approximate surface area is 127 Å². The van der Waals surface area contributed by atoms with Crippen molar-refractivity contribution in [2.75, 3.05) is 43.8 Å². The highest BCUT2D eigenvalue weighted by Gasteiger charge is 2.23. The van der Waals surface area contributed by atoms with Crippen LogP contribution in [0.1, 0.15) is 19.4 Å². The number of carbonyl (C=O) groups is 1. The molecule has 1 aromatic carbocycles. The van der Waals surface area contributed by atoms with Gasteiger partial charge < -0.3 is 11.1 Å². The summed E-state index contributed by atoms with van der Waals surface area (Å²) in [6, 6.07) is 6.10. The summed E-state index contributed by atoms with van der Waals surface area (Å²) in [5.74, 6) is 0.0286. The number of hydrogen-bond acceptors (Lipinski definition) is 4. The fourth-order valence-corrected chi connectivity index (χ4v) is 2.87. The molecular formula is C16H26N4O. The Kier molecular flexibility index (Phi) is 5.20. The van der Waals surface area contributed by atoms with Gasteiger partial charge in [-0.15, -0.1) is 0 Å². The van der Waals surface area contributed by atoms with E-state index in [0.29, 0.717) is 18.3 Å². The Bertz CT molecular complexity index is 503. The quantitative estimate of drug-likeness (QED) is 0.826. The number of rotatable bonds is 4. The van der Waals surface area contributed by atoms with Gasteiger partial charge in [0.25, 0.3) is 0 Å². The standard InChI is InChI=1S/C16H26N4O/c1-4-20-9-8-19(10-12(20)2)11-16(21)18-15-7-5-6-14(17)13(15)3/h5-7,12H,4,8-11,17H2,1-3H3,(H,18,21). The first kappa shape index (κ1) is 15.8. The second-order valence-corrected chi connectivity index (χ2v) is 5.78. The molecule has 1 aromatic rings. The molecule has 3 N–H and O–H groups in total. The molecule has 0 spiro atoms. The lowest BCUT2D eigenvalue weighted by atomic mass is 10.1. The number of amides is 1. The molecule has 0 aromatic heterocycles. The average Bonchev–Trinajstić information content (AvgIpc) is 2.44. The van der Waals surface area contributed by atoms with E-state index >= 15 is 0 Å². The van der Waals surface area contributed by atoms with E-state index in [0.717, 1.165) is 37.4 Å². The Balaban J connectivity index is 1.89. The third-order valence-electron chi connectivity index (χ3n) is 4.27. The van der Waals surface area contributed by atoms with Gasteiger partial charge in [0, 0.05) is 37.1 Å². The molecule has 1 heterocycles. The summed E-state index contributed by atoms with van der Waals surface area (Å²) >= 11 is 0. The minimum atomic E-state index is 0.0286. The molecule has 1 saturated heterocycles. The maximum Gasteiger partial charge on any atom is 0.238 e. The van der Waals surface area contributed by atoms with Gasteiger partial charge in [0.15, 0.2) is 0 Å². The lowest BCUT2D eigenvalue weighted by Gasteiger charge is -2.38. The van der Waals surface area contributed by atoms with Crippen LogP contribution in [0.3, 0.4) is 0 Å². The zero-order valence-corrected chi connectivity index (χ0v) is 13.2. The highest BCUT2D eigenvalue weighted by molar-refractivity contribution is 5.93. The van der Waals surface area contributed by atoms with E-state index in [-0.39, 0.29) is 5.91 Å². The average molecular weight is 290 g/mol. The lowest BCUT2D eigenvalue weighted by molar-refractivity contribution is -0.118. The fraction of sp³-hybridized carbons (Fsp3) is 0.562. The molecule has 0 radical (unpaired) electrons. The monoisotopic (exact) mass is 290 g/mol. The van der Waals surface area contributed by atoms with Crippen molar-refractivity contribution in [3.63, 3.8) is 0 Å². The Morgan fingerprint density at radius 2 is 2.19 bits per heavy atom. The molecule has 2 rings (SSSR count). The Morgan fingerprint density at radius 3 is 2.86 bits per heavy atom. The molecule has 1 atom stereocenters. The van der Waals surface area contributed by atoms with Crippen LogP contribution in [0.15, 0.2) is 18.2 Å². The maximum atomic E-state index is 12.2. The predicted octanol–water partition coefficient (Wildman–Crippen LogP) is 1.54. The SMILES string of the molecule is CCN1CCN(CC(=O)Nc2cccc(N)c2C)CC1C. The largest absolute Gasteiger partial charge is 0.398 e. The molecule has 5 nitrogen and oxygen atoms in total. The van der Waals surface area contributed by atoms with Gasteiger partial charge in [-0.25, -0.2) is 0 Å². The summed E-state index contributed by atoms with van der Waals surface area (Å²) in [4.78, 5) is 16.9. The molecule has 21 heavy (non-hydrogen) atoms. The second-order valence-electron chi connectivity index (χ2n) is 5.78. The van der Waals surface area contributed by atoms with Crippen LogP contribution >= 0.6 is 0 Å². The van der Waals surface area contributed by atoms with Crippen molar-refractivity contribution in [3.05, 3.63) is 23.8 Å². The van der Waals surface area contributed by atoms with Crippen LogP contribution in [0.4, 0.5) is 11.4 Å². The number of likely N-dealkylation sites (N-methyl/N-ethyl adjacent to an activating group) is 1. The Hall–Kier alpha value is -1.59. The van der Waals surface area contributed by atoms with Crippen molar-refractivity contribution in [1.29, 1.82) is 0 Å². The van der Waals surface area contributed by atoms with Crippen molar-refractivity contribution in [1.82, 2.24) is 9.80 Å². The van der Waals surface area contributed by atoms with Gasteiger partial charge in [0.1, 0.15) is 0 Å². The first-order valence-corrected chi connectivity index (χ1v) is 7.62. The summed E-state index contributed by atoms with van der Waals surface area (Å²) in [5, 5.41) is 2.96. The third kappa shape index (κ3) is 3.95. The molecule has 1 aliphatic heterocycles. The van der Waals surface area contributed by atoms with Gasteiger partial charge in [-0.3, -0.25) is 14.6 Å². The Morgan fingerprint density at radius 1 is 1.43 bits per heavy atom. The first-order valence-electron chi connectivity index (χ1n) is 7.62. The number of nitrogens with one attached hydrogen (secondary N) is 1. The van der Waals surface area contributed by atoms with E-state index in [1.54, 1.807) is 0 Å². The van der Waals surface area contributed by atoms with Gasteiger partial charge in [-0.2, -0.15) is 0 Å². The van der Waals surface area contributed by atoms with Gasteiger partial charge in [-0.1, -0.05) is 13.0 Å². The highest BCUT2D eigenvalue weighted by atomic mass is 16.2. The fourth-order valence-electron chi connectivity index (χ4n) is 2.87. The summed E-state index contributed by atoms with van der Waals surface area (Å²) in [7, 11) is 0. The first-order chi connectivity index (χ1) is 10.0. The van der Waals surface area contributed by atoms with Crippen LogP contribution in [0, 0.1) is 6.92 Å². The summed E-state index contributed by atoms with van der Waals surface area (Å²) in [6.45, 7) is 10.8. The summed E-state index contributed by atoms with van der Waals surface area (Å²) < 4.78 is 0. The predicted molar refractivity (Wildman–Crippen MR) is 87.4 cm³/mol. The van der Waals surface area contributed by atoms with Gasteiger partial charge in [0.2, 0.25) is 5.91 Å². The number of anilines is 2. The van der Waals surface area contributed by atoms with Crippen molar-refractivity contribution in [2.24, 2.45) is 0 Å². The van der Waals surface area contributed by atoms with Crippen molar-refractivity contribution < 1.29 is 4.79 Å². The topological polar surface area (TPSA) is 61.6 Å². The molecule has 0 bridgehead atoms. The molecule has 0 aliphatic carbocycles. The zero-order chi connectivity index (χ0) is 15.4. The van der Waals surface area contributed by atoms with Crippen LogP contribution in [-0.2, 0) is 4.79 Å². The minimum Gasteiger partial charge on any atom is -0.398 e. The molecule has 5 heteroatoms. The summed E-state index contributed by atoms with van der Waals surface area (Å²) in [5.41, 5.74) is 8.30. The third-order valence-corrected chi connectivity index (χ3v) is 4.27. The van der Waals surface area contributed by atoms with Gasteiger partial charge >= 0.3 is 0 Å². The molecular weight excluding hydrogens is 264 g/mol. The van der Waals surface area contributed by atoms with Crippen LogP contribution < -0.4 is 11.1 Å². The molecule has 1 amide bonds. The zero-order valence-electron chi connectivity index (χ0n) is 13.2. The molecule has 1 fully saturated rings. The molecule has 1 aliphatic rings. The van der Waals surface area contributed by atoms with Crippen LogP contribution in [-0.4, -0.2) is 54.5 Å². The van der Waals surface area contributed by atoms with Crippen LogP contribution in [0.25, 0.3) is 0 Å². The maximum absolute atomic E-state index is 12.2. The second kappa shape index (κ2) is 6.91. The van der Waals surface area contributed by atoms with Crippen LogP contribution in [0.2, 0.25) is 0 Å². The number of carbonyl (C=O) groups excluding carboxylic acids is 1. The van der Waals surface area contributed by atoms with E-state index in [1.807, 2.05) is 25.1 Å². The molecule has 1 unspecified atom stereocenters. The van der Waals surface area contributed by atoms with Gasteiger partial charge in [-0.05, 0) is 38.1 Å². The number of piperazine rings is 1. The molecule has 116 valence electrons. The van der Waals surface area contributed by atoms with Crippen LogP contribution in [0.5, 0.6) is 0 Å². The van der Waals surface area contributed by atoms with Crippen molar-refractivity contribution in [2.45, 2.75) is 26.8 Å². The van der Waals surface area contributed by atoms with E-state index in [4.69, 9.17) is 5.73 Å². The highest BCUT2D eigenvalue weighted by Crippen LogP contribution is 2.20. The number of benzene rings is 1. The van der Waals surface area contributed by atoms with E-state index in [1.165, 1.54) is 0 Å². The smallest absolute Gasteiger partial charge is 0.238 e. The van der Waals surface area contributed by atoms with Crippen molar-refractivity contribution >= 4 is 17.3 Å². The normalized spacial score (nSPS) is 20.4. The number of nitrogens with zero attached hydrogens (tertiary/aromatic N) is 2. The number of hydrogen-bond donors (Lipinski definition) is 2. The van der Waals surface area contributed by atoms with Crippen molar-refractivity contribution in [3.8, 4) is 0 Å². The number of nitrogens with two attached hydrogens (primary N) is 1. The number of nitrogen functional groups attached to an aromatic ring is 1. The lowest BCUT2D eigenvalue weighted by Crippen LogP contribution is -2.53. The van der Waals surface area contributed by atoms with Gasteiger partial charge in [0.05, 0.1) is 6.54 Å². The van der Waals surface area contributed by atoms with E-state index in [9.17, 15) is 4.79 Å².